The Morgan fingerprint density at radius 3 is 2.33 bits per heavy atom. The predicted octanol–water partition coefficient (Wildman–Crippen LogP) is 5.11. The van der Waals surface area contributed by atoms with Gasteiger partial charge < -0.3 is 4.90 Å². The molecule has 1 rings (SSSR count). The Morgan fingerprint density at radius 1 is 1.14 bits per heavy atom. The lowest BCUT2D eigenvalue weighted by molar-refractivity contribution is -0.128. The van der Waals surface area contributed by atoms with Crippen molar-refractivity contribution in [3.05, 3.63) is 24.8 Å². The van der Waals surface area contributed by atoms with Crippen LogP contribution in [-0.4, -0.2) is 23.9 Å². The van der Waals surface area contributed by atoms with E-state index in [9.17, 15) is 4.79 Å². The van der Waals surface area contributed by atoms with E-state index in [-0.39, 0.29) is 5.91 Å². The molecule has 0 saturated heterocycles. The van der Waals surface area contributed by atoms with Crippen molar-refractivity contribution in [2.45, 2.75) is 77.2 Å². The summed E-state index contributed by atoms with van der Waals surface area (Å²) in [5.41, 5.74) is 0.652. The highest BCUT2D eigenvalue weighted by atomic mass is 16.2. The van der Waals surface area contributed by atoms with Crippen molar-refractivity contribution in [3.63, 3.8) is 0 Å². The van der Waals surface area contributed by atoms with Crippen LogP contribution >= 0.6 is 0 Å². The summed E-state index contributed by atoms with van der Waals surface area (Å²) in [4.78, 5) is 13.9. The number of amides is 1. The first kappa shape index (κ1) is 18.0. The Hall–Kier alpha value is -1.05. The zero-order valence-electron chi connectivity index (χ0n) is 14.1. The molecule has 0 aromatic rings. The van der Waals surface area contributed by atoms with Gasteiger partial charge in [0.1, 0.15) is 0 Å². The monoisotopic (exact) mass is 291 g/mol. The number of hydrogen-bond donors (Lipinski definition) is 0. The van der Waals surface area contributed by atoms with E-state index in [0.29, 0.717) is 11.6 Å². The summed E-state index contributed by atoms with van der Waals surface area (Å²) >= 11 is 0. The van der Waals surface area contributed by atoms with Crippen LogP contribution in [0, 0.1) is 5.92 Å². The molecular formula is C19H33NO. The molecular weight excluding hydrogens is 258 g/mol. The van der Waals surface area contributed by atoms with E-state index in [1.807, 2.05) is 18.0 Å². The molecule has 1 saturated carbocycles. The van der Waals surface area contributed by atoms with E-state index in [2.05, 4.69) is 13.2 Å². The fourth-order valence-corrected chi connectivity index (χ4v) is 3.36. The highest BCUT2D eigenvalue weighted by Crippen LogP contribution is 2.31. The van der Waals surface area contributed by atoms with Crippen molar-refractivity contribution in [1.29, 1.82) is 0 Å². The average Bonchev–Trinajstić information content (AvgIpc) is 2.49. The van der Waals surface area contributed by atoms with E-state index in [1.54, 1.807) is 6.92 Å². The van der Waals surface area contributed by atoms with E-state index < -0.39 is 0 Å². The third-order valence-corrected chi connectivity index (χ3v) is 4.82. The minimum Gasteiger partial charge on any atom is -0.339 e. The van der Waals surface area contributed by atoms with Crippen molar-refractivity contribution in [3.8, 4) is 0 Å². The Labute approximate surface area is 131 Å². The molecule has 0 radical (unpaired) electrons. The molecule has 0 bridgehead atoms. The average molecular weight is 291 g/mol. The molecule has 1 amide bonds. The van der Waals surface area contributed by atoms with Crippen LogP contribution < -0.4 is 0 Å². The van der Waals surface area contributed by atoms with Crippen LogP contribution in [0.25, 0.3) is 0 Å². The third kappa shape index (κ3) is 6.50. The summed E-state index contributed by atoms with van der Waals surface area (Å²) in [5.74, 6) is 0.995. The lowest BCUT2D eigenvalue weighted by Crippen LogP contribution is -2.39. The summed E-state index contributed by atoms with van der Waals surface area (Å²) in [6.07, 6.45) is 14.8. The number of rotatable bonds is 9. The van der Waals surface area contributed by atoms with Gasteiger partial charge in [-0.1, -0.05) is 38.3 Å². The molecule has 0 aromatic heterocycles. The second kappa shape index (κ2) is 9.81. The van der Waals surface area contributed by atoms with Crippen LogP contribution in [0.2, 0.25) is 0 Å². The molecule has 0 unspecified atom stereocenters. The van der Waals surface area contributed by atoms with Crippen molar-refractivity contribution < 1.29 is 4.79 Å². The zero-order valence-corrected chi connectivity index (χ0v) is 14.1. The first-order valence-corrected chi connectivity index (χ1v) is 8.59. The number of hydrogen-bond acceptors (Lipinski definition) is 1. The number of carbonyl (C=O) groups excluding carboxylic acids is 1. The summed E-state index contributed by atoms with van der Waals surface area (Å²) in [7, 11) is 1.93. The first-order chi connectivity index (χ1) is 10.1. The van der Waals surface area contributed by atoms with Crippen molar-refractivity contribution >= 4 is 5.91 Å². The molecule has 0 spiro atoms. The van der Waals surface area contributed by atoms with Crippen LogP contribution in [-0.2, 0) is 4.79 Å². The third-order valence-electron chi connectivity index (χ3n) is 4.82. The summed E-state index contributed by atoms with van der Waals surface area (Å²) in [6, 6.07) is 0.429. The molecule has 0 N–H and O–H groups in total. The number of unbranched alkanes of at least 4 members (excludes halogenated alkanes) is 4. The van der Waals surface area contributed by atoms with E-state index in [1.165, 1.54) is 44.9 Å². The number of nitrogens with zero attached hydrogens (tertiary/aromatic N) is 1. The molecule has 0 aliphatic heterocycles. The van der Waals surface area contributed by atoms with E-state index in [4.69, 9.17) is 0 Å². The van der Waals surface area contributed by atoms with Crippen molar-refractivity contribution in [2.24, 2.45) is 5.92 Å². The van der Waals surface area contributed by atoms with Gasteiger partial charge in [0.2, 0.25) is 5.91 Å². The van der Waals surface area contributed by atoms with Gasteiger partial charge in [-0.3, -0.25) is 4.79 Å². The quantitative estimate of drug-likeness (QED) is 0.328. The number of carbonyl (C=O) groups is 1. The fourth-order valence-electron chi connectivity index (χ4n) is 3.36. The summed E-state index contributed by atoms with van der Waals surface area (Å²) < 4.78 is 0. The summed E-state index contributed by atoms with van der Waals surface area (Å²) in [5, 5.41) is 0. The van der Waals surface area contributed by atoms with Gasteiger partial charge in [0.05, 0.1) is 0 Å². The van der Waals surface area contributed by atoms with Gasteiger partial charge in [0, 0.05) is 18.7 Å². The number of likely N-dealkylation sites (N-methyl/N-ethyl adjacent to an activating group) is 1. The highest BCUT2D eigenvalue weighted by Gasteiger charge is 2.26. The topological polar surface area (TPSA) is 20.3 Å². The molecule has 21 heavy (non-hydrogen) atoms. The lowest BCUT2D eigenvalue weighted by Gasteiger charge is -2.35. The van der Waals surface area contributed by atoms with E-state index in [0.717, 1.165) is 25.2 Å². The predicted molar refractivity (Wildman–Crippen MR) is 91.2 cm³/mol. The normalized spacial score (nSPS) is 21.8. The van der Waals surface area contributed by atoms with Crippen molar-refractivity contribution in [2.75, 3.05) is 7.05 Å². The maximum Gasteiger partial charge on any atom is 0.248 e. The standard InChI is InChI=1S/C19H33NO/c1-5-6-7-8-9-10-11-17-12-14-18(15-13-17)20(4)19(21)16(2)3/h5,17-18H,1-2,6-15H2,3-4H3. The Balaban J connectivity index is 2.16. The Bertz CT molecular complexity index is 339. The van der Waals surface area contributed by atoms with Gasteiger partial charge in [-0.05, 0) is 51.4 Å². The minimum atomic E-state index is 0.112. The van der Waals surface area contributed by atoms with Gasteiger partial charge in [-0.2, -0.15) is 0 Å². The second-order valence-corrected chi connectivity index (χ2v) is 6.65. The molecule has 2 nitrogen and oxygen atoms in total. The molecule has 1 aliphatic carbocycles. The molecule has 120 valence electrons. The van der Waals surface area contributed by atoms with Gasteiger partial charge in [-0.25, -0.2) is 0 Å². The second-order valence-electron chi connectivity index (χ2n) is 6.65. The van der Waals surface area contributed by atoms with Crippen LogP contribution in [0.3, 0.4) is 0 Å². The van der Waals surface area contributed by atoms with Gasteiger partial charge in [0.25, 0.3) is 0 Å². The Kier molecular flexibility index (Phi) is 8.41. The number of allylic oxidation sites excluding steroid dienone is 1. The van der Waals surface area contributed by atoms with Crippen molar-refractivity contribution in [1.82, 2.24) is 4.90 Å². The minimum absolute atomic E-state index is 0.112. The molecule has 0 heterocycles. The maximum absolute atomic E-state index is 11.9. The first-order valence-electron chi connectivity index (χ1n) is 8.59. The smallest absolute Gasteiger partial charge is 0.248 e. The lowest BCUT2D eigenvalue weighted by atomic mass is 9.82. The zero-order chi connectivity index (χ0) is 15.7. The van der Waals surface area contributed by atoms with Gasteiger partial charge in [-0.15, -0.1) is 6.58 Å². The van der Waals surface area contributed by atoms with Gasteiger partial charge in [0.15, 0.2) is 0 Å². The van der Waals surface area contributed by atoms with Crippen LogP contribution in [0.1, 0.15) is 71.1 Å². The summed E-state index contributed by atoms with van der Waals surface area (Å²) in [6.45, 7) is 9.33. The SMILES string of the molecule is C=CCCCCCCC1CCC(N(C)C(=O)C(=C)C)CC1. The maximum atomic E-state index is 11.9. The van der Waals surface area contributed by atoms with Gasteiger partial charge >= 0.3 is 0 Å². The molecule has 2 heteroatoms. The molecule has 1 aliphatic rings. The molecule has 1 fully saturated rings. The highest BCUT2D eigenvalue weighted by molar-refractivity contribution is 5.92. The molecule has 0 aromatic carbocycles. The Morgan fingerprint density at radius 2 is 1.76 bits per heavy atom. The largest absolute Gasteiger partial charge is 0.339 e. The van der Waals surface area contributed by atoms with Crippen LogP contribution in [0.4, 0.5) is 0 Å². The van der Waals surface area contributed by atoms with Crippen LogP contribution in [0.5, 0.6) is 0 Å². The van der Waals surface area contributed by atoms with Crippen LogP contribution in [0.15, 0.2) is 24.8 Å². The fraction of sp³-hybridized carbons (Fsp3) is 0.737. The van der Waals surface area contributed by atoms with E-state index >= 15 is 0 Å². The molecule has 0 atom stereocenters.